The lowest BCUT2D eigenvalue weighted by Gasteiger charge is -2.18. The molecule has 0 radical (unpaired) electrons. The first-order valence-electron chi connectivity index (χ1n) is 9.62. The van der Waals surface area contributed by atoms with E-state index in [1.807, 2.05) is 52.0 Å². The molecule has 0 spiro atoms. The number of amides is 2. The zero-order valence-electron chi connectivity index (χ0n) is 17.6. The largest absolute Gasteiger partial charge is 0.494 e. The molecule has 2 rings (SSSR count). The van der Waals surface area contributed by atoms with Crippen molar-refractivity contribution in [3.05, 3.63) is 60.2 Å². The molecule has 7 heteroatoms. The van der Waals surface area contributed by atoms with Crippen LogP contribution < -0.4 is 20.7 Å². The minimum Gasteiger partial charge on any atom is -0.494 e. The van der Waals surface area contributed by atoms with Crippen molar-refractivity contribution >= 4 is 46.6 Å². The summed E-state index contributed by atoms with van der Waals surface area (Å²) in [4.78, 5) is 24.2. The van der Waals surface area contributed by atoms with E-state index in [4.69, 9.17) is 17.0 Å². The first-order chi connectivity index (χ1) is 14.2. The zero-order valence-corrected chi connectivity index (χ0v) is 18.4. The van der Waals surface area contributed by atoms with Gasteiger partial charge in [-0.1, -0.05) is 39.0 Å². The molecule has 0 fully saturated rings. The van der Waals surface area contributed by atoms with Gasteiger partial charge in [-0.2, -0.15) is 0 Å². The number of hydrogen-bond acceptors (Lipinski definition) is 4. The van der Waals surface area contributed by atoms with Crippen molar-refractivity contribution in [3.8, 4) is 5.75 Å². The van der Waals surface area contributed by atoms with Crippen LogP contribution in [0.4, 0.5) is 11.4 Å². The molecule has 0 saturated heterocycles. The number of carbonyl (C=O) groups excluding carboxylic acids is 2. The Balaban J connectivity index is 1.89. The number of rotatable bonds is 6. The fraction of sp³-hybridized carbons (Fsp3) is 0.261. The van der Waals surface area contributed by atoms with Gasteiger partial charge in [0.2, 0.25) is 11.8 Å². The van der Waals surface area contributed by atoms with Crippen LogP contribution >= 0.6 is 12.2 Å². The topological polar surface area (TPSA) is 79.5 Å². The predicted molar refractivity (Wildman–Crippen MR) is 126 cm³/mol. The van der Waals surface area contributed by atoms with Crippen LogP contribution in [0.3, 0.4) is 0 Å². The average molecular weight is 426 g/mol. The second-order valence-electron chi connectivity index (χ2n) is 7.56. The van der Waals surface area contributed by atoms with Crippen molar-refractivity contribution in [1.29, 1.82) is 0 Å². The van der Waals surface area contributed by atoms with Gasteiger partial charge in [-0.3, -0.25) is 14.9 Å². The third-order valence-corrected chi connectivity index (χ3v) is 4.12. The highest BCUT2D eigenvalue weighted by Gasteiger charge is 2.21. The summed E-state index contributed by atoms with van der Waals surface area (Å²) in [6.07, 6.45) is 3.10. The van der Waals surface area contributed by atoms with Crippen LogP contribution in [0.5, 0.6) is 5.75 Å². The Morgan fingerprint density at radius 2 is 1.67 bits per heavy atom. The van der Waals surface area contributed by atoms with Gasteiger partial charge in [0, 0.05) is 22.9 Å². The van der Waals surface area contributed by atoms with Gasteiger partial charge in [0.25, 0.3) is 0 Å². The minimum absolute atomic E-state index is 0.0880. The molecule has 0 aliphatic rings. The number of thiocarbonyl (C=S) groups is 1. The second-order valence-corrected chi connectivity index (χ2v) is 7.97. The molecule has 30 heavy (non-hydrogen) atoms. The lowest BCUT2D eigenvalue weighted by atomic mass is 9.95. The fourth-order valence-electron chi connectivity index (χ4n) is 2.32. The van der Waals surface area contributed by atoms with E-state index in [-0.39, 0.29) is 16.9 Å². The Labute approximate surface area is 182 Å². The molecule has 0 aromatic heterocycles. The monoisotopic (exact) mass is 425 g/mol. The van der Waals surface area contributed by atoms with E-state index in [1.54, 1.807) is 30.3 Å². The third-order valence-electron chi connectivity index (χ3n) is 3.91. The molecule has 3 N–H and O–H groups in total. The van der Waals surface area contributed by atoms with E-state index >= 15 is 0 Å². The standard InChI is InChI=1S/C23H27N3O3S/c1-5-29-19-12-9-16(10-13-19)11-14-20(27)26-22(30)25-18-8-6-7-17(15-18)24-21(28)23(2,3)4/h6-15H,5H2,1-4H3,(H,24,28)(H2,25,26,27,30)/b14-11+. The van der Waals surface area contributed by atoms with E-state index < -0.39 is 5.41 Å². The maximum atomic E-state index is 12.1. The number of anilines is 2. The van der Waals surface area contributed by atoms with Gasteiger partial charge in [-0.15, -0.1) is 0 Å². The summed E-state index contributed by atoms with van der Waals surface area (Å²) in [5.74, 6) is 0.346. The first-order valence-corrected chi connectivity index (χ1v) is 10.0. The van der Waals surface area contributed by atoms with E-state index in [2.05, 4.69) is 16.0 Å². The van der Waals surface area contributed by atoms with Crippen LogP contribution in [0.25, 0.3) is 6.08 Å². The Morgan fingerprint density at radius 3 is 2.27 bits per heavy atom. The number of benzene rings is 2. The Hall–Kier alpha value is -3.19. The molecule has 6 nitrogen and oxygen atoms in total. The van der Waals surface area contributed by atoms with Crippen LogP contribution in [-0.4, -0.2) is 23.5 Å². The molecule has 0 aliphatic heterocycles. The highest BCUT2D eigenvalue weighted by atomic mass is 32.1. The van der Waals surface area contributed by atoms with Gasteiger partial charge >= 0.3 is 0 Å². The summed E-state index contributed by atoms with van der Waals surface area (Å²) in [5.41, 5.74) is 1.67. The minimum atomic E-state index is -0.498. The van der Waals surface area contributed by atoms with E-state index in [0.717, 1.165) is 11.3 Å². The predicted octanol–water partition coefficient (Wildman–Crippen LogP) is 4.60. The van der Waals surface area contributed by atoms with Crippen LogP contribution in [0.15, 0.2) is 54.6 Å². The Bertz CT molecular complexity index is 931. The van der Waals surface area contributed by atoms with Crippen molar-refractivity contribution in [2.45, 2.75) is 27.7 Å². The van der Waals surface area contributed by atoms with E-state index in [0.29, 0.717) is 18.0 Å². The van der Waals surface area contributed by atoms with Gasteiger partial charge in [0.15, 0.2) is 5.11 Å². The van der Waals surface area contributed by atoms with Gasteiger partial charge in [0.1, 0.15) is 5.75 Å². The fourth-order valence-corrected chi connectivity index (χ4v) is 2.54. The summed E-state index contributed by atoms with van der Waals surface area (Å²) < 4.78 is 5.39. The quantitative estimate of drug-likeness (QED) is 0.466. The lowest BCUT2D eigenvalue weighted by molar-refractivity contribution is -0.123. The molecule has 2 aromatic carbocycles. The first kappa shape index (κ1) is 23.1. The van der Waals surface area contributed by atoms with Crippen molar-refractivity contribution in [1.82, 2.24) is 5.32 Å². The summed E-state index contributed by atoms with van der Waals surface area (Å²) >= 11 is 5.20. The van der Waals surface area contributed by atoms with Gasteiger partial charge in [0.05, 0.1) is 6.61 Å². The Morgan fingerprint density at radius 1 is 1.03 bits per heavy atom. The van der Waals surface area contributed by atoms with Crippen molar-refractivity contribution in [2.75, 3.05) is 17.2 Å². The van der Waals surface area contributed by atoms with Gasteiger partial charge < -0.3 is 15.4 Å². The molecule has 0 atom stereocenters. The molecule has 0 aliphatic carbocycles. The lowest BCUT2D eigenvalue weighted by Crippen LogP contribution is -2.32. The maximum absolute atomic E-state index is 12.1. The second kappa shape index (κ2) is 10.5. The van der Waals surface area contributed by atoms with Crippen LogP contribution in [0, 0.1) is 5.41 Å². The maximum Gasteiger partial charge on any atom is 0.250 e. The average Bonchev–Trinajstić information content (AvgIpc) is 2.67. The highest BCUT2D eigenvalue weighted by molar-refractivity contribution is 7.80. The van der Waals surface area contributed by atoms with E-state index in [9.17, 15) is 9.59 Å². The van der Waals surface area contributed by atoms with Gasteiger partial charge in [-0.25, -0.2) is 0 Å². The van der Waals surface area contributed by atoms with Crippen LogP contribution in [0.2, 0.25) is 0 Å². The smallest absolute Gasteiger partial charge is 0.250 e. The summed E-state index contributed by atoms with van der Waals surface area (Å²) in [5, 5.41) is 8.56. The van der Waals surface area contributed by atoms with Crippen molar-refractivity contribution < 1.29 is 14.3 Å². The molecule has 2 aromatic rings. The number of hydrogen-bond donors (Lipinski definition) is 3. The number of carbonyl (C=O) groups is 2. The molecule has 158 valence electrons. The molecule has 0 unspecified atom stereocenters. The molecule has 2 amide bonds. The van der Waals surface area contributed by atoms with Gasteiger partial charge in [-0.05, 0) is 61.1 Å². The highest BCUT2D eigenvalue weighted by Crippen LogP contribution is 2.20. The van der Waals surface area contributed by atoms with E-state index in [1.165, 1.54) is 6.08 Å². The SMILES string of the molecule is CCOc1ccc(/C=C/C(=O)NC(=S)Nc2cccc(NC(=O)C(C)(C)C)c2)cc1. The summed E-state index contributed by atoms with van der Waals surface area (Å²) in [6, 6.07) is 14.5. The third kappa shape index (κ3) is 7.67. The molecular formula is C23H27N3O3S. The molecule has 0 saturated carbocycles. The van der Waals surface area contributed by atoms with Crippen LogP contribution in [-0.2, 0) is 9.59 Å². The van der Waals surface area contributed by atoms with Crippen LogP contribution in [0.1, 0.15) is 33.3 Å². The molecule has 0 heterocycles. The summed E-state index contributed by atoms with van der Waals surface area (Å²) in [7, 11) is 0. The van der Waals surface area contributed by atoms with Crippen molar-refractivity contribution in [2.24, 2.45) is 5.41 Å². The number of nitrogens with one attached hydrogen (secondary N) is 3. The summed E-state index contributed by atoms with van der Waals surface area (Å²) in [6.45, 7) is 8.06. The molecular weight excluding hydrogens is 398 g/mol. The number of ether oxygens (including phenoxy) is 1. The normalized spacial score (nSPS) is 11.1. The zero-order chi connectivity index (χ0) is 22.1. The van der Waals surface area contributed by atoms with Crippen molar-refractivity contribution in [3.63, 3.8) is 0 Å². The molecule has 0 bridgehead atoms. The Kier molecular flexibility index (Phi) is 8.12.